The minimum absolute atomic E-state index is 0.271. The lowest BCUT2D eigenvalue weighted by Crippen LogP contribution is -1.99. The van der Waals surface area contributed by atoms with Gasteiger partial charge in [-0.15, -0.1) is 10.2 Å². The number of rotatable bonds is 4. The molecule has 0 spiro atoms. The molecule has 0 radical (unpaired) electrons. The third-order valence-corrected chi connectivity index (χ3v) is 3.29. The second-order valence-electron chi connectivity index (χ2n) is 4.16. The lowest BCUT2D eigenvalue weighted by atomic mass is 10.1. The topological polar surface area (TPSA) is 90.3 Å². The summed E-state index contributed by atoms with van der Waals surface area (Å²) in [7, 11) is 0. The fourth-order valence-corrected chi connectivity index (χ4v) is 2.48. The van der Waals surface area contributed by atoms with Gasteiger partial charge < -0.3 is 5.32 Å². The molecule has 0 saturated heterocycles. The Balaban J connectivity index is 2.33. The number of benzene rings is 1. The number of H-pyrrole nitrogens is 1. The van der Waals surface area contributed by atoms with Gasteiger partial charge in [-0.1, -0.05) is 22.9 Å². The predicted octanol–water partition coefficient (Wildman–Crippen LogP) is 2.81. The quantitative estimate of drug-likeness (QED) is 0.840. The largest absolute Gasteiger partial charge is 0.360 e. The van der Waals surface area contributed by atoms with Gasteiger partial charge in [0.1, 0.15) is 11.6 Å². The molecule has 0 amide bonds. The monoisotopic (exact) mass is 332 g/mol. The van der Waals surface area contributed by atoms with Crippen molar-refractivity contribution < 1.29 is 0 Å². The SMILES string of the molecule is CCc1cc(Br)cc(C)c1NC=C(C#N)c1nn[nH]n1. The van der Waals surface area contributed by atoms with Crippen molar-refractivity contribution in [3.8, 4) is 6.07 Å². The van der Waals surface area contributed by atoms with E-state index in [9.17, 15) is 0 Å². The van der Waals surface area contributed by atoms with E-state index in [2.05, 4.69) is 54.9 Å². The van der Waals surface area contributed by atoms with E-state index in [-0.39, 0.29) is 5.82 Å². The Hall–Kier alpha value is -2.20. The van der Waals surface area contributed by atoms with Crippen molar-refractivity contribution in [3.63, 3.8) is 0 Å². The Kier molecular flexibility index (Phi) is 4.48. The molecule has 1 heterocycles. The molecule has 20 heavy (non-hydrogen) atoms. The second-order valence-corrected chi connectivity index (χ2v) is 5.08. The third kappa shape index (κ3) is 3.03. The van der Waals surface area contributed by atoms with Gasteiger partial charge in [0.15, 0.2) is 0 Å². The van der Waals surface area contributed by atoms with E-state index < -0.39 is 0 Å². The fourth-order valence-electron chi connectivity index (χ4n) is 1.86. The standard InChI is InChI=1S/C13H13BrN6/c1-3-9-5-11(14)4-8(2)12(9)16-7-10(6-15)13-17-19-20-18-13/h4-5,7,16H,3H2,1-2H3,(H,17,18,19,20). The van der Waals surface area contributed by atoms with Crippen LogP contribution >= 0.6 is 15.9 Å². The maximum absolute atomic E-state index is 9.13. The second kappa shape index (κ2) is 6.30. The smallest absolute Gasteiger partial charge is 0.216 e. The number of tetrazole rings is 1. The van der Waals surface area contributed by atoms with Crippen LogP contribution in [-0.4, -0.2) is 20.6 Å². The van der Waals surface area contributed by atoms with Gasteiger partial charge in [0.25, 0.3) is 0 Å². The number of halogens is 1. The number of hydrogen-bond donors (Lipinski definition) is 2. The van der Waals surface area contributed by atoms with Crippen LogP contribution in [0.4, 0.5) is 5.69 Å². The van der Waals surface area contributed by atoms with Crippen LogP contribution in [0.5, 0.6) is 0 Å². The first-order chi connectivity index (χ1) is 9.65. The number of aryl methyl sites for hydroxylation is 2. The summed E-state index contributed by atoms with van der Waals surface area (Å²) < 4.78 is 1.04. The number of nitrogens with one attached hydrogen (secondary N) is 2. The predicted molar refractivity (Wildman–Crippen MR) is 79.6 cm³/mol. The molecule has 0 saturated carbocycles. The molecule has 7 heteroatoms. The Morgan fingerprint density at radius 2 is 2.35 bits per heavy atom. The maximum Gasteiger partial charge on any atom is 0.216 e. The molecule has 0 unspecified atom stereocenters. The molecule has 1 aromatic carbocycles. The molecule has 2 rings (SSSR count). The Labute approximate surface area is 125 Å². The Bertz CT molecular complexity index is 669. The molecular formula is C13H13BrN6. The number of allylic oxidation sites excluding steroid dienone is 1. The van der Waals surface area contributed by atoms with E-state index in [1.807, 2.05) is 19.1 Å². The van der Waals surface area contributed by atoms with E-state index in [1.165, 1.54) is 5.56 Å². The van der Waals surface area contributed by atoms with Crippen LogP contribution < -0.4 is 5.32 Å². The van der Waals surface area contributed by atoms with Gasteiger partial charge in [-0.25, -0.2) is 0 Å². The van der Waals surface area contributed by atoms with Crippen molar-refractivity contribution in [3.05, 3.63) is 39.8 Å². The number of hydrogen-bond acceptors (Lipinski definition) is 5. The number of aromatic amines is 1. The summed E-state index contributed by atoms with van der Waals surface area (Å²) in [5, 5.41) is 25.7. The summed E-state index contributed by atoms with van der Waals surface area (Å²) in [4.78, 5) is 0. The lowest BCUT2D eigenvalue weighted by Gasteiger charge is -2.12. The van der Waals surface area contributed by atoms with Crippen LogP contribution in [0, 0.1) is 18.3 Å². The highest BCUT2D eigenvalue weighted by molar-refractivity contribution is 9.10. The molecular weight excluding hydrogens is 320 g/mol. The maximum atomic E-state index is 9.13. The highest BCUT2D eigenvalue weighted by Gasteiger charge is 2.08. The summed E-state index contributed by atoms with van der Waals surface area (Å²) in [5.74, 6) is 0.271. The number of nitrogens with zero attached hydrogens (tertiary/aromatic N) is 4. The average Bonchev–Trinajstić information content (AvgIpc) is 2.94. The van der Waals surface area contributed by atoms with Crippen molar-refractivity contribution in [1.82, 2.24) is 20.6 Å². The van der Waals surface area contributed by atoms with Crippen molar-refractivity contribution in [2.24, 2.45) is 0 Å². The van der Waals surface area contributed by atoms with E-state index in [4.69, 9.17) is 5.26 Å². The van der Waals surface area contributed by atoms with Crippen molar-refractivity contribution in [2.45, 2.75) is 20.3 Å². The van der Waals surface area contributed by atoms with Gasteiger partial charge in [-0.3, -0.25) is 0 Å². The highest BCUT2D eigenvalue weighted by Crippen LogP contribution is 2.26. The summed E-state index contributed by atoms with van der Waals surface area (Å²) in [5.41, 5.74) is 3.58. The highest BCUT2D eigenvalue weighted by atomic mass is 79.9. The zero-order valence-electron chi connectivity index (χ0n) is 11.1. The summed E-state index contributed by atoms with van der Waals surface area (Å²) in [6, 6.07) is 6.13. The summed E-state index contributed by atoms with van der Waals surface area (Å²) >= 11 is 3.49. The first-order valence-electron chi connectivity index (χ1n) is 6.05. The molecule has 2 N–H and O–H groups in total. The molecule has 0 aliphatic rings. The van der Waals surface area contributed by atoms with Crippen LogP contribution in [0.3, 0.4) is 0 Å². The first kappa shape index (κ1) is 14.2. The summed E-state index contributed by atoms with van der Waals surface area (Å²) in [6.45, 7) is 4.10. The molecule has 6 nitrogen and oxygen atoms in total. The zero-order chi connectivity index (χ0) is 14.5. The molecule has 102 valence electrons. The molecule has 0 aliphatic carbocycles. The van der Waals surface area contributed by atoms with Crippen LogP contribution in [0.1, 0.15) is 23.9 Å². The van der Waals surface area contributed by atoms with Gasteiger partial charge in [0, 0.05) is 16.4 Å². The van der Waals surface area contributed by atoms with E-state index in [0.717, 1.165) is 22.1 Å². The summed E-state index contributed by atoms with van der Waals surface area (Å²) in [6.07, 6.45) is 2.49. The van der Waals surface area contributed by atoms with Gasteiger partial charge in [-0.05, 0) is 41.8 Å². The number of aromatic nitrogens is 4. The molecule has 0 bridgehead atoms. The van der Waals surface area contributed by atoms with Crippen molar-refractivity contribution in [1.29, 1.82) is 5.26 Å². The van der Waals surface area contributed by atoms with Gasteiger partial charge in [0.2, 0.25) is 5.82 Å². The van der Waals surface area contributed by atoms with E-state index >= 15 is 0 Å². The molecule has 0 fully saturated rings. The van der Waals surface area contributed by atoms with Crippen LogP contribution in [-0.2, 0) is 6.42 Å². The minimum atomic E-state index is 0.271. The van der Waals surface area contributed by atoms with Crippen LogP contribution in [0.2, 0.25) is 0 Å². The molecule has 1 aromatic heterocycles. The third-order valence-electron chi connectivity index (χ3n) is 2.83. The fraction of sp³-hybridized carbons (Fsp3) is 0.231. The number of anilines is 1. The van der Waals surface area contributed by atoms with Crippen molar-refractivity contribution in [2.75, 3.05) is 5.32 Å². The normalized spacial score (nSPS) is 11.2. The van der Waals surface area contributed by atoms with Crippen molar-refractivity contribution >= 4 is 27.2 Å². The van der Waals surface area contributed by atoms with E-state index in [0.29, 0.717) is 5.57 Å². The Morgan fingerprint density at radius 1 is 1.55 bits per heavy atom. The van der Waals surface area contributed by atoms with E-state index in [1.54, 1.807) is 6.20 Å². The zero-order valence-corrected chi connectivity index (χ0v) is 12.7. The molecule has 0 aliphatic heterocycles. The minimum Gasteiger partial charge on any atom is -0.360 e. The molecule has 2 aromatic rings. The van der Waals surface area contributed by atoms with Crippen LogP contribution in [0.25, 0.3) is 5.57 Å². The Morgan fingerprint density at radius 3 is 2.95 bits per heavy atom. The van der Waals surface area contributed by atoms with Gasteiger partial charge in [0.05, 0.1) is 0 Å². The average molecular weight is 333 g/mol. The lowest BCUT2D eigenvalue weighted by molar-refractivity contribution is 0.881. The molecule has 0 atom stereocenters. The first-order valence-corrected chi connectivity index (χ1v) is 6.84. The number of nitriles is 1. The van der Waals surface area contributed by atoms with Crippen LogP contribution in [0.15, 0.2) is 22.8 Å². The van der Waals surface area contributed by atoms with Gasteiger partial charge in [-0.2, -0.15) is 10.5 Å². The van der Waals surface area contributed by atoms with Gasteiger partial charge >= 0.3 is 0 Å².